The van der Waals surface area contributed by atoms with E-state index in [-0.39, 0.29) is 12.4 Å². The summed E-state index contributed by atoms with van der Waals surface area (Å²) in [6, 6.07) is 2.64. The third kappa shape index (κ3) is 5.55. The summed E-state index contributed by atoms with van der Waals surface area (Å²) in [6.07, 6.45) is 3.79. The van der Waals surface area contributed by atoms with Crippen molar-refractivity contribution in [2.45, 2.75) is 33.2 Å². The maximum absolute atomic E-state index is 12.2. The number of nitrogens with one attached hydrogen (secondary N) is 3. The van der Waals surface area contributed by atoms with E-state index in [1.54, 1.807) is 31.5 Å². The minimum atomic E-state index is -0.604. The van der Waals surface area contributed by atoms with Crippen LogP contribution in [0.1, 0.15) is 49.7 Å². The molecule has 25 heavy (non-hydrogen) atoms. The molecule has 9 nitrogen and oxygen atoms in total. The lowest BCUT2D eigenvalue weighted by atomic mass is 10.0. The SMILES string of the molecule is CCOC(=O)c1n[nH]c(C(CC(C)C)NC(=O)Nc2cccnc2)n1. The molecule has 0 aromatic carbocycles. The molecular formula is C16H22N6O3. The number of carbonyl (C=O) groups is 2. The molecule has 2 aromatic rings. The molecule has 9 heteroatoms. The molecule has 0 aliphatic heterocycles. The molecule has 2 amide bonds. The van der Waals surface area contributed by atoms with Crippen molar-refractivity contribution in [1.82, 2.24) is 25.5 Å². The van der Waals surface area contributed by atoms with Crippen LogP contribution in [0, 0.1) is 5.92 Å². The molecule has 3 N–H and O–H groups in total. The lowest BCUT2D eigenvalue weighted by Crippen LogP contribution is -2.34. The van der Waals surface area contributed by atoms with Crippen LogP contribution >= 0.6 is 0 Å². The quantitative estimate of drug-likeness (QED) is 0.661. The molecule has 2 rings (SSSR count). The number of hydrogen-bond acceptors (Lipinski definition) is 6. The second-order valence-corrected chi connectivity index (χ2v) is 5.79. The zero-order valence-corrected chi connectivity index (χ0v) is 14.4. The first kappa shape index (κ1) is 18.4. The number of hydrogen-bond donors (Lipinski definition) is 3. The minimum absolute atomic E-state index is 0.0555. The molecule has 0 saturated heterocycles. The summed E-state index contributed by atoms with van der Waals surface area (Å²) in [5, 5.41) is 12.1. The van der Waals surface area contributed by atoms with Crippen LogP contribution in [0.3, 0.4) is 0 Å². The number of aromatic nitrogens is 4. The van der Waals surface area contributed by atoms with Gasteiger partial charge >= 0.3 is 12.0 Å². The van der Waals surface area contributed by atoms with Gasteiger partial charge in [0, 0.05) is 6.20 Å². The van der Waals surface area contributed by atoms with Crippen LogP contribution in [0.25, 0.3) is 0 Å². The number of H-pyrrole nitrogens is 1. The Morgan fingerprint density at radius 3 is 2.80 bits per heavy atom. The normalized spacial score (nSPS) is 11.8. The third-order valence-corrected chi connectivity index (χ3v) is 3.22. The molecule has 0 aliphatic rings. The number of rotatable bonds is 7. The van der Waals surface area contributed by atoms with Crippen LogP contribution in [0.15, 0.2) is 24.5 Å². The van der Waals surface area contributed by atoms with Gasteiger partial charge in [0.05, 0.1) is 24.5 Å². The predicted molar refractivity (Wildman–Crippen MR) is 90.9 cm³/mol. The topological polar surface area (TPSA) is 122 Å². The average Bonchev–Trinajstić information content (AvgIpc) is 3.05. The van der Waals surface area contributed by atoms with E-state index in [0.29, 0.717) is 23.9 Å². The second kappa shape index (κ2) is 8.76. The van der Waals surface area contributed by atoms with Gasteiger partial charge < -0.3 is 15.4 Å². The number of anilines is 1. The van der Waals surface area contributed by atoms with Crippen LogP contribution in [0.5, 0.6) is 0 Å². The van der Waals surface area contributed by atoms with Crippen molar-refractivity contribution in [3.63, 3.8) is 0 Å². The van der Waals surface area contributed by atoms with Crippen LogP contribution in [0.4, 0.5) is 10.5 Å². The molecule has 2 heterocycles. The number of ether oxygens (including phenoxy) is 1. The van der Waals surface area contributed by atoms with Crippen LogP contribution in [0.2, 0.25) is 0 Å². The molecule has 0 radical (unpaired) electrons. The zero-order chi connectivity index (χ0) is 18.2. The number of amides is 2. The summed E-state index contributed by atoms with van der Waals surface area (Å²) in [6.45, 7) is 5.99. The van der Waals surface area contributed by atoms with Crippen molar-refractivity contribution in [2.24, 2.45) is 5.92 Å². The van der Waals surface area contributed by atoms with E-state index >= 15 is 0 Å². The van der Waals surface area contributed by atoms with Crippen molar-refractivity contribution >= 4 is 17.7 Å². The molecule has 2 aromatic heterocycles. The van der Waals surface area contributed by atoms with Crippen molar-refractivity contribution in [2.75, 3.05) is 11.9 Å². The zero-order valence-electron chi connectivity index (χ0n) is 14.4. The molecule has 1 unspecified atom stereocenters. The third-order valence-electron chi connectivity index (χ3n) is 3.22. The lowest BCUT2D eigenvalue weighted by molar-refractivity contribution is 0.0512. The van der Waals surface area contributed by atoms with E-state index in [1.165, 1.54) is 0 Å². The highest BCUT2D eigenvalue weighted by Gasteiger charge is 2.22. The Kier molecular flexibility index (Phi) is 6.44. The van der Waals surface area contributed by atoms with E-state index in [0.717, 1.165) is 0 Å². The Morgan fingerprint density at radius 1 is 1.36 bits per heavy atom. The fraction of sp³-hybridized carbons (Fsp3) is 0.438. The van der Waals surface area contributed by atoms with Gasteiger partial charge in [-0.05, 0) is 31.4 Å². The molecular weight excluding hydrogens is 324 g/mol. The van der Waals surface area contributed by atoms with E-state index in [4.69, 9.17) is 4.74 Å². The van der Waals surface area contributed by atoms with Gasteiger partial charge in [0.1, 0.15) is 5.82 Å². The summed E-state index contributed by atoms with van der Waals surface area (Å²) in [7, 11) is 0. The van der Waals surface area contributed by atoms with Gasteiger partial charge in [-0.3, -0.25) is 10.1 Å². The number of nitrogens with zero attached hydrogens (tertiary/aromatic N) is 3. The summed E-state index contributed by atoms with van der Waals surface area (Å²) in [5.74, 6) is 0.0334. The number of aromatic amines is 1. The highest BCUT2D eigenvalue weighted by Crippen LogP contribution is 2.18. The number of esters is 1. The first-order valence-electron chi connectivity index (χ1n) is 8.06. The number of urea groups is 1. The molecule has 0 spiro atoms. The number of carbonyl (C=O) groups excluding carboxylic acids is 2. The highest BCUT2D eigenvalue weighted by molar-refractivity contribution is 5.89. The van der Waals surface area contributed by atoms with Gasteiger partial charge in [-0.25, -0.2) is 14.6 Å². The largest absolute Gasteiger partial charge is 0.460 e. The Balaban J connectivity index is 2.08. The monoisotopic (exact) mass is 346 g/mol. The average molecular weight is 346 g/mol. The van der Waals surface area contributed by atoms with E-state index in [9.17, 15) is 9.59 Å². The molecule has 0 saturated carbocycles. The van der Waals surface area contributed by atoms with Crippen LogP contribution in [-0.4, -0.2) is 38.8 Å². The standard InChI is InChI=1S/C16H22N6O3/c1-4-25-15(23)14-20-13(21-22-14)12(8-10(2)3)19-16(24)18-11-6-5-7-17-9-11/h5-7,9-10,12H,4,8H2,1-3H3,(H2,18,19,24)(H,20,21,22). The van der Waals surface area contributed by atoms with Gasteiger partial charge in [0.2, 0.25) is 0 Å². The summed E-state index contributed by atoms with van der Waals surface area (Å²) in [5.41, 5.74) is 0.577. The fourth-order valence-corrected chi connectivity index (χ4v) is 2.19. The molecule has 0 fully saturated rings. The van der Waals surface area contributed by atoms with Gasteiger partial charge in [-0.15, -0.1) is 5.10 Å². The second-order valence-electron chi connectivity index (χ2n) is 5.79. The molecule has 1 atom stereocenters. The maximum Gasteiger partial charge on any atom is 0.378 e. The smallest absolute Gasteiger partial charge is 0.378 e. The van der Waals surface area contributed by atoms with Crippen molar-refractivity contribution in [3.05, 3.63) is 36.2 Å². The first-order chi connectivity index (χ1) is 12.0. The lowest BCUT2D eigenvalue weighted by Gasteiger charge is -2.18. The Bertz CT molecular complexity index is 701. The highest BCUT2D eigenvalue weighted by atomic mass is 16.5. The van der Waals surface area contributed by atoms with E-state index in [1.807, 2.05) is 13.8 Å². The Morgan fingerprint density at radius 2 is 2.16 bits per heavy atom. The fourth-order valence-electron chi connectivity index (χ4n) is 2.19. The Hall–Kier alpha value is -2.97. The molecule has 134 valence electrons. The van der Waals surface area contributed by atoms with Gasteiger partial charge in [-0.1, -0.05) is 13.8 Å². The minimum Gasteiger partial charge on any atom is -0.460 e. The van der Waals surface area contributed by atoms with Crippen LogP contribution in [-0.2, 0) is 4.74 Å². The summed E-state index contributed by atoms with van der Waals surface area (Å²) in [4.78, 5) is 32.0. The predicted octanol–water partition coefficient (Wildman–Crippen LogP) is 2.29. The van der Waals surface area contributed by atoms with E-state index < -0.39 is 18.0 Å². The van der Waals surface area contributed by atoms with E-state index in [2.05, 4.69) is 30.8 Å². The van der Waals surface area contributed by atoms with Gasteiger partial charge in [-0.2, -0.15) is 0 Å². The number of pyridine rings is 1. The van der Waals surface area contributed by atoms with Crippen molar-refractivity contribution in [1.29, 1.82) is 0 Å². The first-order valence-corrected chi connectivity index (χ1v) is 8.06. The summed E-state index contributed by atoms with van der Waals surface area (Å²) < 4.78 is 4.87. The van der Waals surface area contributed by atoms with Gasteiger partial charge in [0.25, 0.3) is 5.82 Å². The molecule has 0 aliphatic carbocycles. The Labute approximate surface area is 145 Å². The van der Waals surface area contributed by atoms with Crippen LogP contribution < -0.4 is 10.6 Å². The van der Waals surface area contributed by atoms with Crippen molar-refractivity contribution < 1.29 is 14.3 Å². The molecule has 0 bridgehead atoms. The van der Waals surface area contributed by atoms with Crippen molar-refractivity contribution in [3.8, 4) is 0 Å². The van der Waals surface area contributed by atoms with Gasteiger partial charge in [0.15, 0.2) is 0 Å². The summed E-state index contributed by atoms with van der Waals surface area (Å²) >= 11 is 0. The maximum atomic E-state index is 12.2.